The molecule has 0 aliphatic rings. The van der Waals surface area contributed by atoms with Gasteiger partial charge in [0.1, 0.15) is 26.2 Å². The minimum Gasteiger partial charge on any atom is -0.506 e. The molecule has 0 heterocycles. The Balaban J connectivity index is 2.14. The summed E-state index contributed by atoms with van der Waals surface area (Å²) in [6.45, 7) is 0. The van der Waals surface area contributed by atoms with Crippen LogP contribution in [0.25, 0.3) is 10.8 Å². The van der Waals surface area contributed by atoms with Crippen LogP contribution in [0.5, 0.6) is 17.2 Å². The van der Waals surface area contributed by atoms with Crippen LogP contribution in [-0.4, -0.2) is 32.1 Å². The van der Waals surface area contributed by atoms with Crippen LogP contribution in [0, 0.1) is 0 Å². The van der Waals surface area contributed by atoms with Crippen LogP contribution in [0.3, 0.4) is 0 Å². The molecule has 0 aliphatic heterocycles. The van der Waals surface area contributed by atoms with E-state index in [4.69, 9.17) is 0 Å². The number of carbonyl (C=O) groups is 1. The summed E-state index contributed by atoms with van der Waals surface area (Å²) in [7, 11) is 0. The third kappa shape index (κ3) is 3.63. The Hall–Kier alpha value is -2.58. The summed E-state index contributed by atoms with van der Waals surface area (Å²) >= 11 is 6.03. The van der Waals surface area contributed by atoms with E-state index in [9.17, 15) is 25.2 Å². The molecule has 27 heavy (non-hydrogen) atoms. The molecule has 3 aromatic carbocycles. The zero-order valence-corrected chi connectivity index (χ0v) is 16.8. The fourth-order valence-electron chi connectivity index (χ4n) is 2.65. The minimum absolute atomic E-state index is 0.0583. The second kappa shape index (κ2) is 7.58. The molecule has 0 spiro atoms. The molecule has 0 saturated carbocycles. The normalized spacial score (nSPS) is 11.7. The van der Waals surface area contributed by atoms with Crippen LogP contribution in [-0.2, 0) is 11.2 Å². The summed E-state index contributed by atoms with van der Waals surface area (Å²) in [5.41, 5.74) is 0.107. The monoisotopic (exact) mass is 493 g/mol. The van der Waals surface area contributed by atoms with Crippen molar-refractivity contribution in [1.29, 1.82) is 0 Å². The van der Waals surface area contributed by atoms with E-state index >= 15 is 0 Å². The van der Waals surface area contributed by atoms with Crippen molar-refractivity contribution >= 4 is 60.0 Å². The summed E-state index contributed by atoms with van der Waals surface area (Å²) < 4.78 is -0.117. The highest BCUT2D eigenvalue weighted by molar-refractivity contribution is 9.11. The zero-order chi connectivity index (χ0) is 19.7. The van der Waals surface area contributed by atoms with E-state index in [1.165, 1.54) is 0 Å². The van der Waals surface area contributed by atoms with Crippen molar-refractivity contribution in [3.8, 4) is 17.2 Å². The summed E-state index contributed by atoms with van der Waals surface area (Å²) in [6, 6.07) is 12.8. The van der Waals surface area contributed by atoms with E-state index in [0.717, 1.165) is 10.8 Å². The Morgan fingerprint density at radius 3 is 2.11 bits per heavy atom. The molecule has 8 heteroatoms. The Labute approximate surface area is 170 Å². The molecule has 4 N–H and O–H groups in total. The van der Waals surface area contributed by atoms with Gasteiger partial charge in [-0.25, -0.2) is 9.79 Å². The molecule has 3 rings (SSSR count). The van der Waals surface area contributed by atoms with Gasteiger partial charge in [-0.2, -0.15) is 0 Å². The fourth-order valence-corrected chi connectivity index (χ4v) is 3.79. The van der Waals surface area contributed by atoms with Crippen LogP contribution >= 0.6 is 31.9 Å². The van der Waals surface area contributed by atoms with E-state index < -0.39 is 23.2 Å². The van der Waals surface area contributed by atoms with Crippen molar-refractivity contribution in [2.75, 3.05) is 0 Å². The predicted molar refractivity (Wildman–Crippen MR) is 109 cm³/mol. The van der Waals surface area contributed by atoms with Crippen molar-refractivity contribution < 1.29 is 25.2 Å². The number of rotatable bonds is 4. The van der Waals surface area contributed by atoms with Crippen LogP contribution in [0.1, 0.15) is 5.56 Å². The number of hydrogen-bond donors (Lipinski definition) is 4. The number of benzene rings is 3. The van der Waals surface area contributed by atoms with E-state index in [1.54, 1.807) is 12.1 Å². The van der Waals surface area contributed by atoms with Gasteiger partial charge in [-0.1, -0.05) is 36.4 Å². The first-order chi connectivity index (χ1) is 12.8. The average Bonchev–Trinajstić information content (AvgIpc) is 2.67. The van der Waals surface area contributed by atoms with Crippen molar-refractivity contribution in [3.05, 3.63) is 57.0 Å². The quantitative estimate of drug-likeness (QED) is 0.386. The molecule has 0 aromatic heterocycles. The lowest BCUT2D eigenvalue weighted by atomic mass is 10.0. The Bertz CT molecular complexity index is 1060. The lowest BCUT2D eigenvalue weighted by molar-refractivity contribution is -0.129. The Morgan fingerprint density at radius 1 is 0.889 bits per heavy atom. The first-order valence-electron chi connectivity index (χ1n) is 7.70. The number of halogens is 2. The predicted octanol–water partition coefficient (Wildman–Crippen LogP) is 4.88. The maximum Gasteiger partial charge on any atom is 0.350 e. The molecular weight excluding hydrogens is 482 g/mol. The molecule has 0 radical (unpaired) electrons. The lowest BCUT2D eigenvalue weighted by Gasteiger charge is -2.13. The maximum atomic E-state index is 11.7. The maximum absolute atomic E-state index is 11.7. The van der Waals surface area contributed by atoms with Gasteiger partial charge in [0.2, 0.25) is 0 Å². The van der Waals surface area contributed by atoms with Gasteiger partial charge in [0.15, 0.2) is 5.75 Å². The SMILES string of the molecule is O=C(O)C(Cc1c(O)c(Br)c(O)c(Br)c1O)=Nc1cccc2ccccc12. The second-order valence-corrected chi connectivity index (χ2v) is 7.28. The number of aliphatic carboxylic acids is 1. The molecule has 0 atom stereocenters. The number of aliphatic imine (C=N–C) groups is 1. The summed E-state index contributed by atoms with van der Waals surface area (Å²) in [5.74, 6) is -2.60. The zero-order valence-electron chi connectivity index (χ0n) is 13.6. The first-order valence-corrected chi connectivity index (χ1v) is 9.29. The third-order valence-electron chi connectivity index (χ3n) is 4.02. The second-order valence-electron chi connectivity index (χ2n) is 5.69. The number of phenols is 3. The Morgan fingerprint density at radius 2 is 1.48 bits per heavy atom. The van der Waals surface area contributed by atoms with Gasteiger partial charge < -0.3 is 20.4 Å². The smallest absolute Gasteiger partial charge is 0.350 e. The van der Waals surface area contributed by atoms with Crippen molar-refractivity contribution in [3.63, 3.8) is 0 Å². The van der Waals surface area contributed by atoms with Crippen molar-refractivity contribution in [2.24, 2.45) is 4.99 Å². The fraction of sp³-hybridized carbons (Fsp3) is 0.0526. The number of carboxylic acids is 1. The highest BCUT2D eigenvalue weighted by atomic mass is 79.9. The van der Waals surface area contributed by atoms with Gasteiger partial charge in [0.25, 0.3) is 0 Å². The lowest BCUT2D eigenvalue weighted by Crippen LogP contribution is -2.16. The summed E-state index contributed by atoms with van der Waals surface area (Å²) in [5, 5.41) is 41.5. The van der Waals surface area contributed by atoms with Gasteiger partial charge in [-0.3, -0.25) is 0 Å². The van der Waals surface area contributed by atoms with Gasteiger partial charge in [-0.05, 0) is 43.3 Å². The molecule has 0 aliphatic carbocycles. The summed E-state index contributed by atoms with van der Waals surface area (Å²) in [4.78, 5) is 16.0. The van der Waals surface area contributed by atoms with Crippen LogP contribution in [0.15, 0.2) is 56.4 Å². The standard InChI is InChI=1S/C19H13Br2NO5/c20-14-16(23)11(17(24)15(21)18(14)25)8-13(19(26)27)22-12-7-3-5-9-4-1-2-6-10(9)12/h1-7,23-25H,8H2,(H,26,27). The first kappa shape index (κ1) is 19.2. The number of nitrogens with zero attached hydrogens (tertiary/aromatic N) is 1. The number of hydrogen-bond acceptors (Lipinski definition) is 5. The van der Waals surface area contributed by atoms with E-state index in [-0.39, 0.29) is 26.6 Å². The molecular formula is C19H13Br2NO5. The van der Waals surface area contributed by atoms with E-state index in [2.05, 4.69) is 36.9 Å². The molecule has 0 amide bonds. The van der Waals surface area contributed by atoms with Crippen LogP contribution < -0.4 is 0 Å². The van der Waals surface area contributed by atoms with E-state index in [0.29, 0.717) is 5.69 Å². The average molecular weight is 495 g/mol. The number of aromatic hydroxyl groups is 3. The summed E-state index contributed by atoms with van der Waals surface area (Å²) in [6.07, 6.45) is -0.353. The van der Waals surface area contributed by atoms with Gasteiger partial charge in [0, 0.05) is 17.4 Å². The van der Waals surface area contributed by atoms with E-state index in [1.807, 2.05) is 30.3 Å². The minimum atomic E-state index is -1.29. The molecule has 0 unspecified atom stereocenters. The van der Waals surface area contributed by atoms with Gasteiger partial charge >= 0.3 is 5.97 Å². The molecule has 3 aromatic rings. The molecule has 6 nitrogen and oxygen atoms in total. The highest BCUT2D eigenvalue weighted by Crippen LogP contribution is 2.48. The highest BCUT2D eigenvalue weighted by Gasteiger charge is 2.24. The number of phenolic OH excluding ortho intramolecular Hbond substituents is 3. The number of carboxylic acid groups (broad SMARTS) is 1. The van der Waals surface area contributed by atoms with Crippen molar-refractivity contribution in [1.82, 2.24) is 0 Å². The van der Waals surface area contributed by atoms with Gasteiger partial charge in [-0.15, -0.1) is 0 Å². The van der Waals surface area contributed by atoms with Crippen LogP contribution in [0.2, 0.25) is 0 Å². The largest absolute Gasteiger partial charge is 0.506 e. The molecule has 0 bridgehead atoms. The van der Waals surface area contributed by atoms with Gasteiger partial charge in [0.05, 0.1) is 5.69 Å². The van der Waals surface area contributed by atoms with Crippen molar-refractivity contribution in [2.45, 2.75) is 6.42 Å². The molecule has 138 valence electrons. The topological polar surface area (TPSA) is 110 Å². The third-order valence-corrected chi connectivity index (χ3v) is 5.52. The Kier molecular flexibility index (Phi) is 5.38. The molecule has 0 saturated heterocycles. The number of fused-ring (bicyclic) bond motifs is 1. The molecule has 0 fully saturated rings. The van der Waals surface area contributed by atoms with Crippen LogP contribution in [0.4, 0.5) is 5.69 Å².